The Labute approximate surface area is 154 Å². The van der Waals surface area contributed by atoms with Gasteiger partial charge in [0.05, 0.1) is 12.0 Å². The molecular formula is C18H19N3O4S. The maximum atomic E-state index is 12.5. The number of hydrogen-bond donors (Lipinski definition) is 2. The number of carbonyl (C=O) groups is 3. The lowest BCUT2D eigenvalue weighted by atomic mass is 10.2. The molecule has 26 heavy (non-hydrogen) atoms. The largest absolute Gasteiger partial charge is 0.497 e. The van der Waals surface area contributed by atoms with Crippen molar-refractivity contribution in [2.24, 2.45) is 0 Å². The first-order valence-corrected chi connectivity index (χ1v) is 9.07. The van der Waals surface area contributed by atoms with Gasteiger partial charge in [0.2, 0.25) is 0 Å². The van der Waals surface area contributed by atoms with Crippen molar-refractivity contribution in [3.63, 3.8) is 0 Å². The molecule has 0 spiro atoms. The monoisotopic (exact) mass is 373 g/mol. The molecule has 0 radical (unpaired) electrons. The van der Waals surface area contributed by atoms with Crippen molar-refractivity contribution < 1.29 is 19.1 Å². The number of likely N-dealkylation sites (tertiary alicyclic amines) is 1. The molecule has 1 fully saturated rings. The molecule has 7 nitrogen and oxygen atoms in total. The highest BCUT2D eigenvalue weighted by Gasteiger charge is 2.35. The summed E-state index contributed by atoms with van der Waals surface area (Å²) in [5.41, 5.74) is 5.21. The Balaban J connectivity index is 1.58. The number of hydrazine groups is 1. The lowest BCUT2D eigenvalue weighted by molar-refractivity contribution is -0.125. The molecule has 1 atom stereocenters. The van der Waals surface area contributed by atoms with Crippen molar-refractivity contribution in [2.75, 3.05) is 13.7 Å². The Kier molecular flexibility index (Phi) is 5.52. The second-order valence-electron chi connectivity index (χ2n) is 5.81. The van der Waals surface area contributed by atoms with Crippen LogP contribution in [-0.2, 0) is 4.79 Å². The number of rotatable bonds is 4. The van der Waals surface area contributed by atoms with Crippen molar-refractivity contribution in [3.8, 4) is 5.75 Å². The van der Waals surface area contributed by atoms with Gasteiger partial charge < -0.3 is 9.64 Å². The molecule has 1 saturated heterocycles. The number of nitrogens with one attached hydrogen (secondary N) is 2. The Morgan fingerprint density at radius 2 is 1.92 bits per heavy atom. The van der Waals surface area contributed by atoms with Crippen LogP contribution in [0.3, 0.4) is 0 Å². The quantitative estimate of drug-likeness (QED) is 0.801. The minimum Gasteiger partial charge on any atom is -0.497 e. The van der Waals surface area contributed by atoms with Crippen LogP contribution < -0.4 is 15.6 Å². The van der Waals surface area contributed by atoms with E-state index in [0.717, 1.165) is 6.42 Å². The molecule has 1 aliphatic heterocycles. The van der Waals surface area contributed by atoms with Gasteiger partial charge in [-0.2, -0.15) is 0 Å². The minimum absolute atomic E-state index is 0.154. The van der Waals surface area contributed by atoms with Crippen molar-refractivity contribution >= 4 is 29.1 Å². The van der Waals surface area contributed by atoms with E-state index in [0.29, 0.717) is 29.2 Å². The molecule has 8 heteroatoms. The second-order valence-corrected chi connectivity index (χ2v) is 6.75. The van der Waals surface area contributed by atoms with Crippen LogP contribution in [0.2, 0.25) is 0 Å². The molecule has 2 aromatic rings. The molecule has 136 valence electrons. The second kappa shape index (κ2) is 8.01. The van der Waals surface area contributed by atoms with Crippen LogP contribution in [0.15, 0.2) is 41.8 Å². The molecule has 0 unspecified atom stereocenters. The fourth-order valence-corrected chi connectivity index (χ4v) is 3.52. The predicted molar refractivity (Wildman–Crippen MR) is 97.0 cm³/mol. The average Bonchev–Trinajstić information content (AvgIpc) is 3.37. The van der Waals surface area contributed by atoms with E-state index >= 15 is 0 Å². The molecule has 0 bridgehead atoms. The van der Waals surface area contributed by atoms with E-state index in [1.807, 2.05) is 5.38 Å². The van der Waals surface area contributed by atoms with E-state index < -0.39 is 17.9 Å². The van der Waals surface area contributed by atoms with Crippen LogP contribution in [-0.4, -0.2) is 42.3 Å². The van der Waals surface area contributed by atoms with Crippen LogP contribution in [0, 0.1) is 0 Å². The molecule has 1 aromatic heterocycles. The number of nitrogens with zero attached hydrogens (tertiary/aromatic N) is 1. The van der Waals surface area contributed by atoms with Crippen LogP contribution in [0.5, 0.6) is 5.75 Å². The first kappa shape index (κ1) is 17.9. The molecule has 3 rings (SSSR count). The van der Waals surface area contributed by atoms with E-state index in [4.69, 9.17) is 4.74 Å². The van der Waals surface area contributed by atoms with Crippen LogP contribution in [0.1, 0.15) is 32.9 Å². The highest BCUT2D eigenvalue weighted by atomic mass is 32.1. The summed E-state index contributed by atoms with van der Waals surface area (Å²) in [6.07, 6.45) is 1.32. The van der Waals surface area contributed by atoms with Crippen molar-refractivity contribution in [2.45, 2.75) is 18.9 Å². The summed E-state index contributed by atoms with van der Waals surface area (Å²) in [6, 6.07) is 9.49. The zero-order valence-electron chi connectivity index (χ0n) is 14.2. The van der Waals surface area contributed by atoms with Gasteiger partial charge in [0.1, 0.15) is 11.8 Å². The number of ether oxygens (including phenoxy) is 1. The molecule has 0 aliphatic carbocycles. The van der Waals surface area contributed by atoms with Gasteiger partial charge in [-0.15, -0.1) is 11.3 Å². The van der Waals surface area contributed by atoms with E-state index in [9.17, 15) is 14.4 Å². The van der Waals surface area contributed by atoms with E-state index in [1.54, 1.807) is 48.4 Å². The lowest BCUT2D eigenvalue weighted by Gasteiger charge is -2.23. The third-order valence-corrected chi connectivity index (χ3v) is 5.06. The topological polar surface area (TPSA) is 87.7 Å². The van der Waals surface area contributed by atoms with Crippen LogP contribution in [0.4, 0.5) is 0 Å². The first-order valence-electron chi connectivity index (χ1n) is 8.19. The normalized spacial score (nSPS) is 16.2. The maximum absolute atomic E-state index is 12.5. The van der Waals surface area contributed by atoms with Crippen LogP contribution >= 0.6 is 11.3 Å². The Morgan fingerprint density at radius 1 is 1.15 bits per heavy atom. The number of benzene rings is 1. The molecule has 1 aromatic carbocycles. The summed E-state index contributed by atoms with van der Waals surface area (Å²) in [6.45, 7) is 0.529. The fourth-order valence-electron chi connectivity index (χ4n) is 2.84. The number of thiophene rings is 1. The Bertz CT molecular complexity index is 789. The van der Waals surface area contributed by atoms with Gasteiger partial charge in [0, 0.05) is 12.1 Å². The van der Waals surface area contributed by atoms with Gasteiger partial charge in [0.15, 0.2) is 0 Å². The summed E-state index contributed by atoms with van der Waals surface area (Å²) in [5, 5.41) is 1.83. The van der Waals surface area contributed by atoms with Gasteiger partial charge in [-0.3, -0.25) is 25.2 Å². The summed E-state index contributed by atoms with van der Waals surface area (Å²) in [7, 11) is 1.54. The van der Waals surface area contributed by atoms with Crippen molar-refractivity contribution in [1.29, 1.82) is 0 Å². The van der Waals surface area contributed by atoms with E-state index in [2.05, 4.69) is 10.9 Å². The van der Waals surface area contributed by atoms with Gasteiger partial charge in [-0.25, -0.2) is 0 Å². The van der Waals surface area contributed by atoms with Crippen molar-refractivity contribution in [3.05, 3.63) is 52.2 Å². The summed E-state index contributed by atoms with van der Waals surface area (Å²) >= 11 is 1.35. The molecule has 2 heterocycles. The molecule has 2 N–H and O–H groups in total. The van der Waals surface area contributed by atoms with Crippen molar-refractivity contribution in [1.82, 2.24) is 15.8 Å². The Morgan fingerprint density at radius 3 is 2.58 bits per heavy atom. The number of hydrogen-bond acceptors (Lipinski definition) is 5. The van der Waals surface area contributed by atoms with Gasteiger partial charge >= 0.3 is 0 Å². The highest BCUT2D eigenvalue weighted by molar-refractivity contribution is 7.12. The third kappa shape index (κ3) is 3.85. The minimum atomic E-state index is -0.583. The van der Waals surface area contributed by atoms with E-state index in [-0.39, 0.29) is 5.91 Å². The zero-order valence-corrected chi connectivity index (χ0v) is 15.0. The van der Waals surface area contributed by atoms with Gasteiger partial charge in [-0.05, 0) is 48.6 Å². The van der Waals surface area contributed by atoms with Crippen LogP contribution in [0.25, 0.3) is 0 Å². The third-order valence-electron chi connectivity index (χ3n) is 4.20. The fraction of sp³-hybridized carbons (Fsp3) is 0.278. The summed E-state index contributed by atoms with van der Waals surface area (Å²) < 4.78 is 5.04. The average molecular weight is 373 g/mol. The molecule has 0 saturated carbocycles. The number of carbonyl (C=O) groups excluding carboxylic acids is 3. The van der Waals surface area contributed by atoms with E-state index in [1.165, 1.54) is 11.3 Å². The number of methoxy groups -OCH3 is 1. The van der Waals surface area contributed by atoms with Gasteiger partial charge in [-0.1, -0.05) is 6.07 Å². The molecule has 1 aliphatic rings. The maximum Gasteiger partial charge on any atom is 0.269 e. The molecule has 3 amide bonds. The summed E-state index contributed by atoms with van der Waals surface area (Å²) in [5.74, 6) is -0.345. The lowest BCUT2D eigenvalue weighted by Crippen LogP contribution is -2.51. The SMILES string of the molecule is COc1ccc(C(=O)NNC(=O)[C@@H]2CCCN2C(=O)c2cccs2)cc1. The smallest absolute Gasteiger partial charge is 0.269 e. The summed E-state index contributed by atoms with van der Waals surface area (Å²) in [4.78, 5) is 39.2. The standard InChI is InChI=1S/C18H19N3O4S/c1-25-13-8-6-12(7-9-13)16(22)19-20-17(23)14-4-2-10-21(14)18(24)15-5-3-11-26-15/h3,5-9,11,14H,2,4,10H2,1H3,(H,19,22)(H,20,23)/t14-/m0/s1. The van der Waals surface area contributed by atoms with Gasteiger partial charge in [0.25, 0.3) is 17.7 Å². The molecular weight excluding hydrogens is 354 g/mol. The highest BCUT2D eigenvalue weighted by Crippen LogP contribution is 2.22. The first-order chi connectivity index (χ1) is 12.6. The Hall–Kier alpha value is -2.87. The zero-order chi connectivity index (χ0) is 18.5. The predicted octanol–water partition coefficient (Wildman–Crippen LogP) is 1.82. The number of amides is 3.